The Morgan fingerprint density at radius 2 is 2.31 bits per heavy atom. The molecule has 3 N–H and O–H groups in total. The molecular formula is C10H11N5O. The van der Waals surface area contributed by atoms with Crippen LogP contribution in [0.2, 0.25) is 0 Å². The topological polar surface area (TPSA) is 85.8 Å². The summed E-state index contributed by atoms with van der Waals surface area (Å²) in [5.74, 6) is 0.0380. The Kier molecular flexibility index (Phi) is 2.55. The first-order valence-corrected chi connectivity index (χ1v) is 4.67. The van der Waals surface area contributed by atoms with Gasteiger partial charge in [0.05, 0.1) is 18.1 Å². The van der Waals surface area contributed by atoms with E-state index in [0.29, 0.717) is 17.3 Å². The van der Waals surface area contributed by atoms with Gasteiger partial charge in [-0.3, -0.25) is 9.78 Å². The van der Waals surface area contributed by atoms with Crippen molar-refractivity contribution in [3.63, 3.8) is 0 Å². The lowest BCUT2D eigenvalue weighted by Crippen LogP contribution is -2.16. The molecule has 82 valence electrons. The highest BCUT2D eigenvalue weighted by Gasteiger charge is 2.12. The molecule has 0 spiro atoms. The lowest BCUT2D eigenvalue weighted by atomic mass is 10.4. The van der Waals surface area contributed by atoms with Crippen molar-refractivity contribution in [3.05, 3.63) is 36.4 Å². The van der Waals surface area contributed by atoms with Gasteiger partial charge in [0.1, 0.15) is 5.69 Å². The minimum absolute atomic E-state index is 0.264. The van der Waals surface area contributed by atoms with Crippen molar-refractivity contribution < 1.29 is 4.79 Å². The van der Waals surface area contributed by atoms with Crippen molar-refractivity contribution >= 4 is 17.5 Å². The van der Waals surface area contributed by atoms with E-state index >= 15 is 0 Å². The molecule has 0 fully saturated rings. The zero-order valence-electron chi connectivity index (χ0n) is 8.71. The number of aromatic nitrogens is 3. The third-order valence-electron chi connectivity index (χ3n) is 2.18. The number of amides is 1. The number of anilines is 2. The summed E-state index contributed by atoms with van der Waals surface area (Å²) < 4.78 is 1.52. The molecule has 0 unspecified atom stereocenters. The van der Waals surface area contributed by atoms with E-state index in [1.54, 1.807) is 31.6 Å². The maximum atomic E-state index is 11.8. The van der Waals surface area contributed by atoms with Crippen LogP contribution < -0.4 is 11.1 Å². The van der Waals surface area contributed by atoms with Crippen LogP contribution in [0.3, 0.4) is 0 Å². The average molecular weight is 217 g/mol. The predicted octanol–water partition coefficient (Wildman–Crippen LogP) is 0.650. The highest BCUT2D eigenvalue weighted by atomic mass is 16.2. The molecule has 2 heterocycles. The Bertz CT molecular complexity index is 505. The number of pyridine rings is 1. The van der Waals surface area contributed by atoms with E-state index in [-0.39, 0.29) is 5.91 Å². The predicted molar refractivity (Wildman–Crippen MR) is 59.8 cm³/mol. The highest BCUT2D eigenvalue weighted by Crippen LogP contribution is 2.08. The van der Waals surface area contributed by atoms with Gasteiger partial charge in [0.2, 0.25) is 0 Å². The third kappa shape index (κ3) is 1.85. The Hall–Kier alpha value is -2.37. The van der Waals surface area contributed by atoms with E-state index in [1.807, 2.05) is 0 Å². The van der Waals surface area contributed by atoms with Gasteiger partial charge in [-0.05, 0) is 12.1 Å². The first-order valence-electron chi connectivity index (χ1n) is 4.67. The van der Waals surface area contributed by atoms with Crippen LogP contribution in [0.1, 0.15) is 10.5 Å². The summed E-state index contributed by atoms with van der Waals surface area (Å²) in [6.07, 6.45) is 4.64. The van der Waals surface area contributed by atoms with Gasteiger partial charge in [0.15, 0.2) is 5.95 Å². The zero-order chi connectivity index (χ0) is 11.5. The van der Waals surface area contributed by atoms with E-state index in [2.05, 4.69) is 15.3 Å². The zero-order valence-corrected chi connectivity index (χ0v) is 8.71. The third-order valence-corrected chi connectivity index (χ3v) is 2.18. The van der Waals surface area contributed by atoms with Gasteiger partial charge in [0.25, 0.3) is 5.91 Å². The summed E-state index contributed by atoms with van der Waals surface area (Å²) in [6.45, 7) is 0. The largest absolute Gasteiger partial charge is 0.369 e. The van der Waals surface area contributed by atoms with Crippen LogP contribution in [0.4, 0.5) is 11.6 Å². The number of hydrogen-bond donors (Lipinski definition) is 2. The number of nitrogens with one attached hydrogen (secondary N) is 1. The molecule has 6 nitrogen and oxygen atoms in total. The molecule has 2 rings (SSSR count). The van der Waals surface area contributed by atoms with Crippen molar-refractivity contribution in [2.45, 2.75) is 0 Å². The minimum Gasteiger partial charge on any atom is -0.369 e. The lowest BCUT2D eigenvalue weighted by Gasteiger charge is -2.04. The molecule has 0 radical (unpaired) electrons. The van der Waals surface area contributed by atoms with Crippen LogP contribution in [0, 0.1) is 0 Å². The molecule has 2 aromatic heterocycles. The van der Waals surface area contributed by atoms with Gasteiger partial charge < -0.3 is 15.6 Å². The van der Waals surface area contributed by atoms with E-state index in [0.717, 1.165) is 0 Å². The number of imidazole rings is 1. The van der Waals surface area contributed by atoms with Crippen LogP contribution in [0.25, 0.3) is 0 Å². The van der Waals surface area contributed by atoms with Crippen LogP contribution in [-0.4, -0.2) is 20.4 Å². The maximum absolute atomic E-state index is 11.8. The first-order chi connectivity index (χ1) is 7.68. The van der Waals surface area contributed by atoms with Crippen LogP contribution in [0.5, 0.6) is 0 Å². The first kappa shape index (κ1) is 10.2. The smallest absolute Gasteiger partial charge is 0.274 e. The fraction of sp³-hybridized carbons (Fsp3) is 0.100. The molecule has 0 aliphatic rings. The normalized spacial score (nSPS) is 10.1. The molecule has 6 heteroatoms. The van der Waals surface area contributed by atoms with Gasteiger partial charge >= 0.3 is 0 Å². The van der Waals surface area contributed by atoms with Gasteiger partial charge in [-0.1, -0.05) is 0 Å². The Morgan fingerprint density at radius 3 is 2.88 bits per heavy atom. The molecule has 0 saturated carbocycles. The molecule has 0 bridgehead atoms. The number of nitrogen functional groups attached to an aromatic ring is 1. The molecule has 0 aliphatic carbocycles. The van der Waals surface area contributed by atoms with Gasteiger partial charge in [-0.2, -0.15) is 0 Å². The number of carbonyl (C=O) groups excluding carboxylic acids is 1. The van der Waals surface area contributed by atoms with E-state index < -0.39 is 0 Å². The summed E-state index contributed by atoms with van der Waals surface area (Å²) in [5.41, 5.74) is 6.57. The van der Waals surface area contributed by atoms with Crippen molar-refractivity contribution in [1.29, 1.82) is 0 Å². The summed E-state index contributed by atoms with van der Waals surface area (Å²) >= 11 is 0. The fourth-order valence-electron chi connectivity index (χ4n) is 1.27. The average Bonchev–Trinajstić information content (AvgIpc) is 2.61. The second-order valence-corrected chi connectivity index (χ2v) is 3.26. The van der Waals surface area contributed by atoms with Crippen LogP contribution >= 0.6 is 0 Å². The molecule has 0 saturated heterocycles. The highest BCUT2D eigenvalue weighted by molar-refractivity contribution is 6.03. The maximum Gasteiger partial charge on any atom is 0.274 e. The van der Waals surface area contributed by atoms with Gasteiger partial charge in [0, 0.05) is 13.2 Å². The van der Waals surface area contributed by atoms with Crippen molar-refractivity contribution in [2.75, 3.05) is 11.1 Å². The molecule has 2 aromatic rings. The second-order valence-electron chi connectivity index (χ2n) is 3.26. The molecular weight excluding hydrogens is 206 g/mol. The number of rotatable bonds is 2. The SMILES string of the molecule is Cn1c(C(=O)Nc2cccnc2)cnc1N. The lowest BCUT2D eigenvalue weighted by molar-refractivity contribution is 0.101. The van der Waals surface area contributed by atoms with E-state index in [4.69, 9.17) is 5.73 Å². The molecule has 0 atom stereocenters. The Balaban J connectivity index is 2.18. The molecule has 0 aliphatic heterocycles. The van der Waals surface area contributed by atoms with Crippen molar-refractivity contribution in [3.8, 4) is 0 Å². The second kappa shape index (κ2) is 4.01. The molecule has 16 heavy (non-hydrogen) atoms. The number of carbonyl (C=O) groups is 1. The van der Waals surface area contributed by atoms with Gasteiger partial charge in [-0.15, -0.1) is 0 Å². The summed E-state index contributed by atoms with van der Waals surface area (Å²) in [4.78, 5) is 19.5. The van der Waals surface area contributed by atoms with Gasteiger partial charge in [-0.25, -0.2) is 4.98 Å². The fourth-order valence-corrected chi connectivity index (χ4v) is 1.27. The summed E-state index contributed by atoms with van der Waals surface area (Å²) in [6, 6.07) is 3.50. The Morgan fingerprint density at radius 1 is 1.50 bits per heavy atom. The van der Waals surface area contributed by atoms with Crippen LogP contribution in [0.15, 0.2) is 30.7 Å². The van der Waals surface area contributed by atoms with E-state index in [9.17, 15) is 4.79 Å². The number of hydrogen-bond acceptors (Lipinski definition) is 4. The monoisotopic (exact) mass is 217 g/mol. The number of nitrogens with two attached hydrogens (primary N) is 1. The summed E-state index contributed by atoms with van der Waals surface area (Å²) in [7, 11) is 1.68. The Labute approximate surface area is 92.1 Å². The standard InChI is InChI=1S/C10H11N5O/c1-15-8(6-13-10(15)11)9(16)14-7-3-2-4-12-5-7/h2-6H,1H3,(H2,11,13)(H,14,16). The quantitative estimate of drug-likeness (QED) is 0.773. The van der Waals surface area contributed by atoms with Crippen molar-refractivity contribution in [1.82, 2.24) is 14.5 Å². The van der Waals surface area contributed by atoms with E-state index in [1.165, 1.54) is 10.8 Å². The van der Waals surface area contributed by atoms with Crippen molar-refractivity contribution in [2.24, 2.45) is 7.05 Å². The minimum atomic E-state index is -0.264. The molecule has 1 amide bonds. The van der Waals surface area contributed by atoms with Crippen LogP contribution in [-0.2, 0) is 7.05 Å². The number of nitrogens with zero attached hydrogens (tertiary/aromatic N) is 3. The summed E-state index contributed by atoms with van der Waals surface area (Å²) in [5, 5.41) is 2.69. The molecule has 0 aromatic carbocycles.